The summed E-state index contributed by atoms with van der Waals surface area (Å²) in [6.07, 6.45) is 5.54. The van der Waals surface area contributed by atoms with Crippen LogP contribution in [0.3, 0.4) is 0 Å². The predicted octanol–water partition coefficient (Wildman–Crippen LogP) is 1.86. The number of piperidine rings is 1. The maximum absolute atomic E-state index is 3.49. The van der Waals surface area contributed by atoms with Crippen LogP contribution in [0.4, 0.5) is 0 Å². The maximum Gasteiger partial charge on any atom is 0.0256 e. The Morgan fingerprint density at radius 2 is 1.64 bits per heavy atom. The molecule has 14 heavy (non-hydrogen) atoms. The van der Waals surface area contributed by atoms with E-state index in [1.807, 2.05) is 0 Å². The average Bonchev–Trinajstić information content (AvgIpc) is 2.72. The van der Waals surface area contributed by atoms with Gasteiger partial charge in [0.05, 0.1) is 0 Å². The fourth-order valence-corrected chi connectivity index (χ4v) is 3.28. The van der Waals surface area contributed by atoms with Crippen molar-refractivity contribution in [2.24, 2.45) is 5.92 Å². The molecule has 0 radical (unpaired) electrons. The molecule has 0 aromatic heterocycles. The van der Waals surface area contributed by atoms with Crippen molar-refractivity contribution in [2.45, 2.75) is 45.1 Å². The molecule has 1 N–H and O–H groups in total. The van der Waals surface area contributed by atoms with Gasteiger partial charge in [-0.3, -0.25) is 4.90 Å². The summed E-state index contributed by atoms with van der Waals surface area (Å²) in [7, 11) is 0. The van der Waals surface area contributed by atoms with Gasteiger partial charge in [-0.25, -0.2) is 0 Å². The summed E-state index contributed by atoms with van der Waals surface area (Å²) in [6.45, 7) is 9.94. The van der Waals surface area contributed by atoms with E-state index in [0.717, 1.165) is 5.92 Å². The van der Waals surface area contributed by atoms with Crippen LogP contribution in [-0.4, -0.2) is 36.6 Å². The molecule has 82 valence electrons. The summed E-state index contributed by atoms with van der Waals surface area (Å²) >= 11 is 0. The molecule has 0 amide bonds. The number of nitrogens with zero attached hydrogens (tertiary/aromatic N) is 1. The van der Waals surface area contributed by atoms with E-state index in [9.17, 15) is 0 Å². The van der Waals surface area contributed by atoms with E-state index in [1.165, 1.54) is 51.9 Å². The van der Waals surface area contributed by atoms with E-state index in [4.69, 9.17) is 0 Å². The van der Waals surface area contributed by atoms with Gasteiger partial charge < -0.3 is 5.32 Å². The zero-order valence-electron chi connectivity index (χ0n) is 9.68. The lowest BCUT2D eigenvalue weighted by atomic mass is 9.77. The Hall–Kier alpha value is -0.0800. The Balaban J connectivity index is 2.11. The molecule has 0 unspecified atom stereocenters. The molecular formula is C12H24N2. The highest BCUT2D eigenvalue weighted by Gasteiger charge is 2.41. The molecule has 2 aliphatic heterocycles. The summed E-state index contributed by atoms with van der Waals surface area (Å²) in [5.41, 5.74) is 0.530. The van der Waals surface area contributed by atoms with Crippen LogP contribution in [0, 0.1) is 5.92 Å². The van der Waals surface area contributed by atoms with E-state index >= 15 is 0 Å². The summed E-state index contributed by atoms with van der Waals surface area (Å²) in [5.74, 6) is 0.808. The van der Waals surface area contributed by atoms with Crippen molar-refractivity contribution in [3.8, 4) is 0 Å². The zero-order chi connectivity index (χ0) is 10.0. The van der Waals surface area contributed by atoms with Crippen molar-refractivity contribution in [2.75, 3.05) is 26.2 Å². The van der Waals surface area contributed by atoms with E-state index < -0.39 is 0 Å². The fourth-order valence-electron chi connectivity index (χ4n) is 3.28. The first-order valence-electron chi connectivity index (χ1n) is 6.21. The molecule has 2 fully saturated rings. The minimum Gasteiger partial charge on any atom is -0.317 e. The predicted molar refractivity (Wildman–Crippen MR) is 60.5 cm³/mol. The molecule has 2 nitrogen and oxygen atoms in total. The lowest BCUT2D eigenvalue weighted by Crippen LogP contribution is -2.56. The minimum atomic E-state index is 0.530. The Morgan fingerprint density at radius 3 is 2.14 bits per heavy atom. The van der Waals surface area contributed by atoms with Crippen molar-refractivity contribution in [3.05, 3.63) is 0 Å². The Kier molecular flexibility index (Phi) is 3.13. The molecule has 0 atom stereocenters. The van der Waals surface area contributed by atoms with Crippen LogP contribution >= 0.6 is 0 Å². The van der Waals surface area contributed by atoms with Crippen molar-refractivity contribution >= 4 is 0 Å². The highest BCUT2D eigenvalue weighted by molar-refractivity contribution is 4.98. The van der Waals surface area contributed by atoms with E-state index in [-0.39, 0.29) is 0 Å². The Labute approximate surface area is 88.1 Å². The van der Waals surface area contributed by atoms with E-state index in [1.54, 1.807) is 0 Å². The highest BCUT2D eigenvalue weighted by Crippen LogP contribution is 2.36. The van der Waals surface area contributed by atoms with E-state index in [2.05, 4.69) is 24.1 Å². The third-order valence-corrected chi connectivity index (χ3v) is 4.28. The molecule has 0 bridgehead atoms. The van der Waals surface area contributed by atoms with Gasteiger partial charge in [-0.1, -0.05) is 13.8 Å². The van der Waals surface area contributed by atoms with Crippen LogP contribution in [0.5, 0.6) is 0 Å². The molecule has 2 saturated heterocycles. The maximum atomic E-state index is 3.49. The molecule has 2 heterocycles. The second-order valence-electron chi connectivity index (χ2n) is 5.20. The second-order valence-corrected chi connectivity index (χ2v) is 5.20. The summed E-state index contributed by atoms with van der Waals surface area (Å²) in [6, 6.07) is 0. The van der Waals surface area contributed by atoms with Crippen molar-refractivity contribution in [1.82, 2.24) is 10.2 Å². The Morgan fingerprint density at radius 1 is 1.07 bits per heavy atom. The molecule has 0 aliphatic carbocycles. The third kappa shape index (κ3) is 1.70. The number of hydrogen-bond acceptors (Lipinski definition) is 2. The number of hydrogen-bond donors (Lipinski definition) is 1. The summed E-state index contributed by atoms with van der Waals surface area (Å²) in [4.78, 5) is 2.78. The van der Waals surface area contributed by atoms with Crippen LogP contribution < -0.4 is 5.32 Å². The van der Waals surface area contributed by atoms with Crippen LogP contribution in [0.15, 0.2) is 0 Å². The number of likely N-dealkylation sites (tertiary alicyclic amines) is 1. The molecule has 0 spiro atoms. The zero-order valence-corrected chi connectivity index (χ0v) is 9.68. The van der Waals surface area contributed by atoms with Crippen LogP contribution in [0.1, 0.15) is 39.5 Å². The lowest BCUT2D eigenvalue weighted by Gasteiger charge is -2.48. The Bertz CT molecular complexity index is 177. The minimum absolute atomic E-state index is 0.530. The van der Waals surface area contributed by atoms with Gasteiger partial charge >= 0.3 is 0 Å². The topological polar surface area (TPSA) is 15.3 Å². The van der Waals surface area contributed by atoms with Crippen molar-refractivity contribution < 1.29 is 0 Å². The van der Waals surface area contributed by atoms with Gasteiger partial charge in [0.1, 0.15) is 0 Å². The van der Waals surface area contributed by atoms with E-state index in [0.29, 0.717) is 5.54 Å². The number of nitrogens with one attached hydrogen (secondary N) is 1. The monoisotopic (exact) mass is 196 g/mol. The third-order valence-electron chi connectivity index (χ3n) is 4.28. The second kappa shape index (κ2) is 4.19. The van der Waals surface area contributed by atoms with Crippen molar-refractivity contribution in [1.29, 1.82) is 0 Å². The molecule has 0 saturated carbocycles. The van der Waals surface area contributed by atoms with Gasteiger partial charge in [-0.2, -0.15) is 0 Å². The molecular weight excluding hydrogens is 172 g/mol. The smallest absolute Gasteiger partial charge is 0.0256 e. The lowest BCUT2D eigenvalue weighted by molar-refractivity contribution is 0.0358. The first-order chi connectivity index (χ1) is 6.76. The standard InChI is InChI=1S/C12H24N2/c1-11(2)12(5-7-13-8-6-12)14-9-3-4-10-14/h11,13H,3-10H2,1-2H3. The van der Waals surface area contributed by atoms with Crippen LogP contribution in [-0.2, 0) is 0 Å². The molecule has 0 aromatic rings. The SMILES string of the molecule is CC(C)C1(N2CCCC2)CCNCC1. The molecule has 0 aromatic carbocycles. The fraction of sp³-hybridized carbons (Fsp3) is 1.00. The summed E-state index contributed by atoms with van der Waals surface area (Å²) < 4.78 is 0. The quantitative estimate of drug-likeness (QED) is 0.725. The van der Waals surface area contributed by atoms with Crippen LogP contribution in [0.25, 0.3) is 0 Å². The molecule has 2 rings (SSSR count). The number of rotatable bonds is 2. The normalized spacial score (nSPS) is 28.5. The largest absolute Gasteiger partial charge is 0.317 e. The van der Waals surface area contributed by atoms with Gasteiger partial charge in [0.15, 0.2) is 0 Å². The van der Waals surface area contributed by atoms with Gasteiger partial charge in [0.2, 0.25) is 0 Å². The van der Waals surface area contributed by atoms with Crippen LogP contribution in [0.2, 0.25) is 0 Å². The summed E-state index contributed by atoms with van der Waals surface area (Å²) in [5, 5.41) is 3.49. The van der Waals surface area contributed by atoms with Crippen molar-refractivity contribution in [3.63, 3.8) is 0 Å². The van der Waals surface area contributed by atoms with Gasteiger partial charge in [-0.15, -0.1) is 0 Å². The first kappa shape index (κ1) is 10.4. The van der Waals surface area contributed by atoms with Gasteiger partial charge in [0, 0.05) is 5.54 Å². The van der Waals surface area contributed by atoms with Gasteiger partial charge in [0.25, 0.3) is 0 Å². The average molecular weight is 196 g/mol. The molecule has 2 aliphatic rings. The highest BCUT2D eigenvalue weighted by atomic mass is 15.2. The molecule has 2 heteroatoms. The van der Waals surface area contributed by atoms with Gasteiger partial charge in [-0.05, 0) is 57.8 Å². The first-order valence-corrected chi connectivity index (χ1v) is 6.21.